The summed E-state index contributed by atoms with van der Waals surface area (Å²) in [5.74, 6) is 0.879. The molecule has 0 saturated heterocycles. The molecule has 0 fully saturated rings. The number of rotatable bonds is 2. The average molecular weight is 338 g/mol. The monoisotopic (exact) mass is 337 g/mol. The smallest absolute Gasteiger partial charge is 0.269 e. The van der Waals surface area contributed by atoms with Crippen molar-refractivity contribution in [1.29, 1.82) is 0 Å². The van der Waals surface area contributed by atoms with Crippen molar-refractivity contribution in [3.63, 3.8) is 0 Å². The second kappa shape index (κ2) is 6.07. The van der Waals surface area contributed by atoms with Crippen molar-refractivity contribution >= 4 is 34.8 Å². The SMILES string of the molecule is CC1Oc2ccccc2OC1C(=O)Nc1ccc(Cl)c(Cl)c1. The first-order chi connectivity index (χ1) is 10.5. The lowest BCUT2D eigenvalue weighted by atomic mass is 10.1. The average Bonchev–Trinajstić information content (AvgIpc) is 2.50. The van der Waals surface area contributed by atoms with Crippen LogP contribution < -0.4 is 14.8 Å². The third-order valence-electron chi connectivity index (χ3n) is 3.29. The van der Waals surface area contributed by atoms with Gasteiger partial charge in [0.1, 0.15) is 6.10 Å². The fraction of sp³-hybridized carbons (Fsp3) is 0.188. The van der Waals surface area contributed by atoms with E-state index in [0.717, 1.165) is 0 Å². The van der Waals surface area contributed by atoms with Gasteiger partial charge in [0.25, 0.3) is 5.91 Å². The second-order valence-corrected chi connectivity index (χ2v) is 5.74. The van der Waals surface area contributed by atoms with Crippen molar-refractivity contribution in [3.05, 3.63) is 52.5 Å². The molecule has 1 heterocycles. The van der Waals surface area contributed by atoms with Crippen LogP contribution in [0.25, 0.3) is 0 Å². The van der Waals surface area contributed by atoms with E-state index in [0.29, 0.717) is 27.2 Å². The van der Waals surface area contributed by atoms with Crippen LogP contribution in [0.2, 0.25) is 10.0 Å². The highest BCUT2D eigenvalue weighted by molar-refractivity contribution is 6.42. The van der Waals surface area contributed by atoms with Crippen LogP contribution in [-0.4, -0.2) is 18.1 Å². The maximum atomic E-state index is 12.4. The van der Waals surface area contributed by atoms with E-state index in [9.17, 15) is 4.79 Å². The minimum atomic E-state index is -0.746. The van der Waals surface area contributed by atoms with Crippen LogP contribution in [-0.2, 0) is 4.79 Å². The predicted molar refractivity (Wildman–Crippen MR) is 86.0 cm³/mol. The van der Waals surface area contributed by atoms with Gasteiger partial charge >= 0.3 is 0 Å². The van der Waals surface area contributed by atoms with E-state index < -0.39 is 12.2 Å². The molecule has 0 aliphatic carbocycles. The van der Waals surface area contributed by atoms with Gasteiger partial charge in [0.05, 0.1) is 10.0 Å². The number of nitrogens with one attached hydrogen (secondary N) is 1. The third-order valence-corrected chi connectivity index (χ3v) is 4.03. The van der Waals surface area contributed by atoms with Crippen molar-refractivity contribution in [1.82, 2.24) is 0 Å². The first-order valence-electron chi connectivity index (χ1n) is 6.73. The van der Waals surface area contributed by atoms with Gasteiger partial charge in [0.2, 0.25) is 6.10 Å². The molecule has 1 amide bonds. The molecule has 2 unspecified atom stereocenters. The van der Waals surface area contributed by atoms with Crippen LogP contribution in [0.1, 0.15) is 6.92 Å². The number of para-hydroxylation sites is 2. The Morgan fingerprint density at radius 2 is 1.73 bits per heavy atom. The zero-order valence-corrected chi connectivity index (χ0v) is 13.2. The second-order valence-electron chi connectivity index (χ2n) is 4.93. The van der Waals surface area contributed by atoms with Gasteiger partial charge < -0.3 is 14.8 Å². The van der Waals surface area contributed by atoms with Gasteiger partial charge in [0.15, 0.2) is 11.5 Å². The summed E-state index contributed by atoms with van der Waals surface area (Å²) in [6.07, 6.45) is -1.15. The number of halogens is 2. The number of anilines is 1. The molecule has 1 aliphatic rings. The maximum absolute atomic E-state index is 12.4. The molecule has 2 aromatic carbocycles. The number of benzene rings is 2. The Morgan fingerprint density at radius 1 is 1.05 bits per heavy atom. The number of hydrogen-bond acceptors (Lipinski definition) is 3. The molecule has 1 aliphatic heterocycles. The van der Waals surface area contributed by atoms with Gasteiger partial charge in [-0.3, -0.25) is 4.79 Å². The van der Waals surface area contributed by atoms with E-state index in [2.05, 4.69) is 5.32 Å². The molecule has 0 saturated carbocycles. The molecule has 4 nitrogen and oxygen atoms in total. The first-order valence-corrected chi connectivity index (χ1v) is 7.48. The van der Waals surface area contributed by atoms with Crippen molar-refractivity contribution in [2.24, 2.45) is 0 Å². The summed E-state index contributed by atoms with van der Waals surface area (Å²) in [6.45, 7) is 1.79. The van der Waals surface area contributed by atoms with Crippen molar-refractivity contribution < 1.29 is 14.3 Å². The van der Waals surface area contributed by atoms with Crippen LogP contribution in [0.3, 0.4) is 0 Å². The molecule has 0 bridgehead atoms. The van der Waals surface area contributed by atoms with E-state index in [1.165, 1.54) is 0 Å². The van der Waals surface area contributed by atoms with E-state index in [1.807, 2.05) is 12.1 Å². The number of fused-ring (bicyclic) bond motifs is 1. The lowest BCUT2D eigenvalue weighted by Crippen LogP contribution is -2.46. The lowest BCUT2D eigenvalue weighted by Gasteiger charge is -2.31. The Hall–Kier alpha value is -1.91. The molecule has 0 aromatic heterocycles. The van der Waals surface area contributed by atoms with E-state index in [1.54, 1.807) is 37.3 Å². The number of carbonyl (C=O) groups excluding carboxylic acids is 1. The van der Waals surface area contributed by atoms with Gasteiger partial charge in [-0.1, -0.05) is 35.3 Å². The van der Waals surface area contributed by atoms with E-state index in [4.69, 9.17) is 32.7 Å². The Morgan fingerprint density at radius 3 is 2.41 bits per heavy atom. The fourth-order valence-corrected chi connectivity index (χ4v) is 2.49. The van der Waals surface area contributed by atoms with E-state index >= 15 is 0 Å². The molecule has 3 rings (SSSR count). The first kappa shape index (κ1) is 15.0. The van der Waals surface area contributed by atoms with Crippen molar-refractivity contribution in [2.45, 2.75) is 19.1 Å². The molecular formula is C16H13Cl2NO3. The van der Waals surface area contributed by atoms with Gasteiger partial charge in [0, 0.05) is 5.69 Å². The third kappa shape index (κ3) is 2.98. The van der Waals surface area contributed by atoms with Crippen LogP contribution >= 0.6 is 23.2 Å². The number of amides is 1. The topological polar surface area (TPSA) is 47.6 Å². The van der Waals surface area contributed by atoms with Gasteiger partial charge in [-0.15, -0.1) is 0 Å². The molecule has 2 aromatic rings. The minimum Gasteiger partial charge on any atom is -0.482 e. The van der Waals surface area contributed by atoms with Crippen molar-refractivity contribution in [3.8, 4) is 11.5 Å². The fourth-order valence-electron chi connectivity index (χ4n) is 2.19. The molecule has 114 valence electrons. The molecule has 0 radical (unpaired) electrons. The van der Waals surface area contributed by atoms with Crippen molar-refractivity contribution in [2.75, 3.05) is 5.32 Å². The Labute approximate surface area is 137 Å². The Kier molecular flexibility index (Phi) is 4.14. The van der Waals surface area contributed by atoms with Crippen LogP contribution in [0.5, 0.6) is 11.5 Å². The van der Waals surface area contributed by atoms with Crippen LogP contribution in [0.15, 0.2) is 42.5 Å². The Balaban J connectivity index is 1.76. The maximum Gasteiger partial charge on any atom is 0.269 e. The van der Waals surface area contributed by atoms with Gasteiger partial charge in [-0.05, 0) is 37.3 Å². The summed E-state index contributed by atoms with van der Waals surface area (Å²) in [4.78, 5) is 12.4. The summed E-state index contributed by atoms with van der Waals surface area (Å²) in [7, 11) is 0. The Bertz CT molecular complexity index is 720. The summed E-state index contributed by atoms with van der Waals surface area (Å²) >= 11 is 11.8. The molecule has 0 spiro atoms. The summed E-state index contributed by atoms with van der Waals surface area (Å²) in [5.41, 5.74) is 0.550. The number of hydrogen-bond donors (Lipinski definition) is 1. The normalized spacial score (nSPS) is 19.6. The summed E-state index contributed by atoms with van der Waals surface area (Å²) in [5, 5.41) is 3.56. The highest BCUT2D eigenvalue weighted by Crippen LogP contribution is 2.34. The summed E-state index contributed by atoms with van der Waals surface area (Å²) < 4.78 is 11.4. The largest absolute Gasteiger partial charge is 0.482 e. The zero-order chi connectivity index (χ0) is 15.7. The quantitative estimate of drug-likeness (QED) is 0.894. The minimum absolute atomic E-state index is 0.305. The molecular weight excluding hydrogens is 325 g/mol. The van der Waals surface area contributed by atoms with Crippen LogP contribution in [0, 0.1) is 0 Å². The molecule has 6 heteroatoms. The lowest BCUT2D eigenvalue weighted by molar-refractivity contribution is -0.128. The van der Waals surface area contributed by atoms with E-state index in [-0.39, 0.29) is 5.91 Å². The number of carbonyl (C=O) groups is 1. The standard InChI is InChI=1S/C16H13Cl2NO3/c1-9-15(22-14-5-3-2-4-13(14)21-9)16(20)19-10-6-7-11(17)12(18)8-10/h2-9,15H,1H3,(H,19,20). The molecule has 22 heavy (non-hydrogen) atoms. The van der Waals surface area contributed by atoms with Crippen LogP contribution in [0.4, 0.5) is 5.69 Å². The molecule has 1 N–H and O–H groups in total. The highest BCUT2D eigenvalue weighted by atomic mass is 35.5. The van der Waals surface area contributed by atoms with Gasteiger partial charge in [-0.25, -0.2) is 0 Å². The predicted octanol–water partition coefficient (Wildman–Crippen LogP) is 4.16. The summed E-state index contributed by atoms with van der Waals surface area (Å²) in [6, 6.07) is 12.1. The zero-order valence-electron chi connectivity index (χ0n) is 11.7. The van der Waals surface area contributed by atoms with Gasteiger partial charge in [-0.2, -0.15) is 0 Å². The molecule has 2 atom stereocenters. The number of ether oxygens (including phenoxy) is 2. The highest BCUT2D eigenvalue weighted by Gasteiger charge is 2.34.